The average molecular weight is 279 g/mol. The van der Waals surface area contributed by atoms with E-state index in [9.17, 15) is 13.2 Å². The first-order valence-corrected chi connectivity index (χ1v) is 8.18. The Morgan fingerprint density at radius 3 is 2.53 bits per heavy atom. The molecule has 0 aliphatic heterocycles. The molecule has 0 aromatic rings. The van der Waals surface area contributed by atoms with E-state index in [2.05, 4.69) is 0 Å². The molecule has 4 bridgehead atoms. The summed E-state index contributed by atoms with van der Waals surface area (Å²) in [5.41, 5.74) is 0. The largest absolute Gasteiger partial charge is 0.299 e. The summed E-state index contributed by atoms with van der Waals surface area (Å²) in [5.74, 6) is 0.348. The summed E-state index contributed by atoms with van der Waals surface area (Å²) in [7, 11) is -3.53. The van der Waals surface area contributed by atoms with Gasteiger partial charge in [-0.1, -0.05) is 0 Å². The molecular weight excluding hydrogens is 264 g/mol. The van der Waals surface area contributed by atoms with Gasteiger partial charge in [0.25, 0.3) is 10.1 Å². The maximum Gasteiger partial charge on any atom is 0.264 e. The van der Waals surface area contributed by atoms with E-state index >= 15 is 0 Å². The van der Waals surface area contributed by atoms with Gasteiger partial charge in [0.15, 0.2) is 0 Å². The Kier molecular flexibility index (Phi) is 2.58. The van der Waals surface area contributed by atoms with E-state index in [0.717, 1.165) is 25.5 Å². The van der Waals surface area contributed by atoms with Crippen LogP contribution >= 0.6 is 11.6 Å². The van der Waals surface area contributed by atoms with Crippen LogP contribution in [0.2, 0.25) is 0 Å². The number of ketones is 1. The third kappa shape index (κ3) is 1.83. The molecule has 0 aromatic carbocycles. The minimum atomic E-state index is -3.53. The van der Waals surface area contributed by atoms with Crippen molar-refractivity contribution in [2.45, 2.75) is 30.7 Å². The van der Waals surface area contributed by atoms with Gasteiger partial charge in [0.2, 0.25) is 0 Å². The van der Waals surface area contributed by atoms with Crippen LogP contribution in [0.4, 0.5) is 0 Å². The molecule has 6 unspecified atom stereocenters. The van der Waals surface area contributed by atoms with Crippen LogP contribution in [0.15, 0.2) is 0 Å². The average Bonchev–Trinajstić information content (AvgIpc) is 2.21. The second kappa shape index (κ2) is 3.68. The molecule has 4 fully saturated rings. The smallest absolute Gasteiger partial charge is 0.264 e. The standard InChI is InChI=1S/C11H15ClO4S/c1-17(14,15)16-11-7-3-5-2-6(9(7)12)10(13)8(11)4-5/h5-9,11H,2-4H2,1H3. The predicted octanol–water partition coefficient (Wildman–Crippen LogP) is 1.18. The van der Waals surface area contributed by atoms with Gasteiger partial charge in [0.05, 0.1) is 12.4 Å². The summed E-state index contributed by atoms with van der Waals surface area (Å²) in [4.78, 5) is 12.1. The highest BCUT2D eigenvalue weighted by Crippen LogP contribution is 2.54. The van der Waals surface area contributed by atoms with E-state index in [1.54, 1.807) is 0 Å². The Hall–Kier alpha value is -0.130. The topological polar surface area (TPSA) is 60.4 Å². The Morgan fingerprint density at radius 1 is 1.24 bits per heavy atom. The lowest BCUT2D eigenvalue weighted by atomic mass is 9.54. The van der Waals surface area contributed by atoms with Crippen molar-refractivity contribution < 1.29 is 17.4 Å². The fraction of sp³-hybridized carbons (Fsp3) is 0.909. The molecule has 17 heavy (non-hydrogen) atoms. The zero-order valence-electron chi connectivity index (χ0n) is 9.50. The lowest BCUT2D eigenvalue weighted by molar-refractivity contribution is -0.150. The summed E-state index contributed by atoms with van der Waals surface area (Å²) in [6.45, 7) is 0. The van der Waals surface area contributed by atoms with E-state index in [-0.39, 0.29) is 28.9 Å². The summed E-state index contributed by atoms with van der Waals surface area (Å²) in [6.07, 6.45) is 3.06. The SMILES string of the molecule is CS(=O)(=O)OC1C2CC3CC(C2=O)C(Cl)C1C3. The monoisotopic (exact) mass is 278 g/mol. The lowest BCUT2D eigenvalue weighted by Crippen LogP contribution is -2.60. The molecule has 0 spiro atoms. The summed E-state index contributed by atoms with van der Waals surface area (Å²) in [6, 6.07) is 0. The van der Waals surface area contributed by atoms with E-state index < -0.39 is 16.2 Å². The Morgan fingerprint density at radius 2 is 1.88 bits per heavy atom. The zero-order valence-corrected chi connectivity index (χ0v) is 11.1. The molecule has 4 rings (SSSR count). The van der Waals surface area contributed by atoms with Crippen molar-refractivity contribution in [3.8, 4) is 0 Å². The number of halogens is 1. The van der Waals surface area contributed by atoms with Crippen LogP contribution in [0.5, 0.6) is 0 Å². The molecule has 0 radical (unpaired) electrons. The van der Waals surface area contributed by atoms with E-state index in [4.69, 9.17) is 15.8 Å². The van der Waals surface area contributed by atoms with Crippen LogP contribution in [-0.4, -0.2) is 31.9 Å². The maximum atomic E-state index is 12.1. The molecule has 4 aliphatic rings. The van der Waals surface area contributed by atoms with Crippen molar-refractivity contribution in [3.05, 3.63) is 0 Å². The molecule has 0 N–H and O–H groups in total. The summed E-state index contributed by atoms with van der Waals surface area (Å²) < 4.78 is 27.6. The molecular formula is C11H15ClO4S. The molecule has 4 nitrogen and oxygen atoms in total. The quantitative estimate of drug-likeness (QED) is 0.562. The fourth-order valence-electron chi connectivity index (χ4n) is 3.86. The fourth-order valence-corrected chi connectivity index (χ4v) is 5.02. The van der Waals surface area contributed by atoms with Crippen LogP contribution in [0.25, 0.3) is 0 Å². The number of carbonyl (C=O) groups excluding carboxylic acids is 1. The number of Topliss-reactive ketones (excluding diaryl/α,β-unsaturated/α-hetero) is 1. The van der Waals surface area contributed by atoms with E-state index in [0.29, 0.717) is 5.92 Å². The normalized spacial score (nSPS) is 48.7. The lowest BCUT2D eigenvalue weighted by Gasteiger charge is -2.54. The van der Waals surface area contributed by atoms with E-state index in [1.807, 2.05) is 0 Å². The second-order valence-corrected chi connectivity index (χ2v) is 7.67. The Balaban J connectivity index is 1.93. The number of carbonyl (C=O) groups is 1. The van der Waals surface area contributed by atoms with Gasteiger partial charge in [0.1, 0.15) is 5.78 Å². The first-order valence-electron chi connectivity index (χ1n) is 5.93. The molecule has 4 saturated carbocycles. The number of rotatable bonds is 2. The number of hydrogen-bond acceptors (Lipinski definition) is 4. The minimum Gasteiger partial charge on any atom is -0.299 e. The molecule has 4 aliphatic carbocycles. The van der Waals surface area contributed by atoms with Gasteiger partial charge >= 0.3 is 0 Å². The highest BCUT2D eigenvalue weighted by atomic mass is 35.5. The first-order chi connectivity index (χ1) is 7.87. The summed E-state index contributed by atoms with van der Waals surface area (Å²) >= 11 is 6.29. The number of alkyl halides is 1. The molecule has 96 valence electrons. The highest BCUT2D eigenvalue weighted by Gasteiger charge is 2.58. The van der Waals surface area contributed by atoms with Gasteiger partial charge in [-0.2, -0.15) is 8.42 Å². The first kappa shape index (κ1) is 11.9. The molecule has 0 saturated heterocycles. The third-order valence-electron chi connectivity index (χ3n) is 4.41. The third-order valence-corrected chi connectivity index (χ3v) is 5.61. The molecule has 6 atom stereocenters. The molecule has 6 heteroatoms. The summed E-state index contributed by atoms with van der Waals surface area (Å²) in [5, 5.41) is -0.248. The van der Waals surface area contributed by atoms with Crippen LogP contribution in [-0.2, 0) is 19.1 Å². The molecule has 0 amide bonds. The Labute approximate surface area is 106 Å². The zero-order chi connectivity index (χ0) is 12.4. The van der Waals surface area contributed by atoms with Gasteiger partial charge in [-0.3, -0.25) is 8.98 Å². The van der Waals surface area contributed by atoms with Crippen molar-refractivity contribution in [2.24, 2.45) is 23.7 Å². The maximum absolute atomic E-state index is 12.1. The van der Waals surface area contributed by atoms with Crippen molar-refractivity contribution in [1.29, 1.82) is 0 Å². The van der Waals surface area contributed by atoms with Crippen molar-refractivity contribution in [2.75, 3.05) is 6.26 Å². The van der Waals surface area contributed by atoms with Crippen molar-refractivity contribution in [1.82, 2.24) is 0 Å². The van der Waals surface area contributed by atoms with Crippen LogP contribution in [0.3, 0.4) is 0 Å². The van der Waals surface area contributed by atoms with Gasteiger partial charge in [-0.05, 0) is 25.2 Å². The molecule has 0 aromatic heterocycles. The molecule has 0 heterocycles. The van der Waals surface area contributed by atoms with Crippen LogP contribution < -0.4 is 0 Å². The number of hydrogen-bond donors (Lipinski definition) is 0. The Bertz CT molecular complexity index is 460. The predicted molar refractivity (Wildman–Crippen MR) is 62.2 cm³/mol. The van der Waals surface area contributed by atoms with Crippen molar-refractivity contribution in [3.63, 3.8) is 0 Å². The van der Waals surface area contributed by atoms with Gasteiger partial charge in [0, 0.05) is 23.1 Å². The van der Waals surface area contributed by atoms with Gasteiger partial charge in [-0.25, -0.2) is 0 Å². The van der Waals surface area contributed by atoms with Crippen molar-refractivity contribution >= 4 is 27.5 Å². The van der Waals surface area contributed by atoms with E-state index in [1.165, 1.54) is 0 Å². The minimum absolute atomic E-state index is 0.0200. The second-order valence-electron chi connectivity index (χ2n) is 5.56. The van der Waals surface area contributed by atoms with Crippen LogP contribution in [0.1, 0.15) is 19.3 Å². The van der Waals surface area contributed by atoms with Gasteiger partial charge in [-0.15, -0.1) is 11.6 Å². The highest BCUT2D eigenvalue weighted by molar-refractivity contribution is 7.86. The van der Waals surface area contributed by atoms with Gasteiger partial charge < -0.3 is 0 Å². The van der Waals surface area contributed by atoms with Crippen LogP contribution in [0, 0.1) is 23.7 Å².